The Kier molecular flexibility index (Phi) is 4.91. The van der Waals surface area contributed by atoms with Crippen LogP contribution in [0.2, 0.25) is 0 Å². The number of hydrogen-bond donors (Lipinski definition) is 2. The van der Waals surface area contributed by atoms with Gasteiger partial charge in [-0.25, -0.2) is 8.42 Å². The average molecular weight is 326 g/mol. The van der Waals surface area contributed by atoms with Crippen LogP contribution in [0.15, 0.2) is 24.3 Å². The maximum absolute atomic E-state index is 12.4. The van der Waals surface area contributed by atoms with Crippen LogP contribution >= 0.6 is 0 Å². The van der Waals surface area contributed by atoms with Crippen LogP contribution in [0, 0.1) is 0 Å². The van der Waals surface area contributed by atoms with Crippen molar-refractivity contribution in [3.05, 3.63) is 29.8 Å². The lowest BCUT2D eigenvalue weighted by Gasteiger charge is -2.33. The second-order valence-corrected chi connectivity index (χ2v) is 7.66. The molecule has 0 aliphatic carbocycles. The first-order chi connectivity index (χ1) is 9.40. The summed E-state index contributed by atoms with van der Waals surface area (Å²) in [6, 6.07) is 4.18. The molecule has 5 nitrogen and oxygen atoms in total. The van der Waals surface area contributed by atoms with Crippen molar-refractivity contribution in [2.75, 3.05) is 6.26 Å². The third-order valence-electron chi connectivity index (χ3n) is 3.27. The Labute approximate surface area is 121 Å². The SMILES string of the molecule is CC(C)(C(NN)c1ccccc1OC(F)(F)F)S(C)(=O)=O. The van der Waals surface area contributed by atoms with Crippen LogP contribution in [0.3, 0.4) is 0 Å². The van der Waals surface area contributed by atoms with Crippen LogP contribution in [0.4, 0.5) is 13.2 Å². The number of hydrazine groups is 1. The van der Waals surface area contributed by atoms with E-state index < -0.39 is 32.7 Å². The largest absolute Gasteiger partial charge is 0.573 e. The van der Waals surface area contributed by atoms with Gasteiger partial charge < -0.3 is 4.74 Å². The van der Waals surface area contributed by atoms with Crippen LogP contribution in [0.5, 0.6) is 5.75 Å². The Hall–Kier alpha value is -1.32. The third kappa shape index (κ3) is 4.08. The second-order valence-electron chi connectivity index (χ2n) is 5.06. The van der Waals surface area contributed by atoms with Crippen LogP contribution in [-0.4, -0.2) is 25.8 Å². The van der Waals surface area contributed by atoms with Gasteiger partial charge in [0.25, 0.3) is 0 Å². The molecule has 1 aromatic rings. The summed E-state index contributed by atoms with van der Waals surface area (Å²) in [5, 5.41) is 0. The van der Waals surface area contributed by atoms with Crippen molar-refractivity contribution < 1.29 is 26.3 Å². The smallest absolute Gasteiger partial charge is 0.405 e. The molecule has 0 fully saturated rings. The number of ether oxygens (including phenoxy) is 1. The standard InChI is InChI=1S/C12H17F3N2O3S/c1-11(2,21(3,18)19)10(17-16)8-6-4-5-7-9(8)20-12(13,14)15/h4-7,10,17H,16H2,1-3H3. The zero-order valence-electron chi connectivity index (χ0n) is 11.7. The zero-order chi connectivity index (χ0) is 16.5. The maximum Gasteiger partial charge on any atom is 0.573 e. The minimum absolute atomic E-state index is 0.00718. The molecule has 0 aliphatic rings. The van der Waals surface area contributed by atoms with Crippen molar-refractivity contribution in [2.45, 2.75) is 31.0 Å². The monoisotopic (exact) mass is 326 g/mol. The highest BCUT2D eigenvalue weighted by Crippen LogP contribution is 2.37. The first-order valence-electron chi connectivity index (χ1n) is 5.90. The highest BCUT2D eigenvalue weighted by Gasteiger charge is 2.42. The topological polar surface area (TPSA) is 81.4 Å². The number of benzene rings is 1. The van der Waals surface area contributed by atoms with E-state index in [1.54, 1.807) is 0 Å². The summed E-state index contributed by atoms with van der Waals surface area (Å²) in [5.41, 5.74) is 2.27. The fourth-order valence-electron chi connectivity index (χ4n) is 1.82. The van der Waals surface area contributed by atoms with Crippen molar-refractivity contribution in [1.29, 1.82) is 0 Å². The van der Waals surface area contributed by atoms with E-state index in [1.165, 1.54) is 32.0 Å². The number of para-hydroxylation sites is 1. The predicted octanol–water partition coefficient (Wildman–Crippen LogP) is 1.91. The molecular formula is C12H17F3N2O3S. The number of alkyl halides is 3. The van der Waals surface area contributed by atoms with Gasteiger partial charge >= 0.3 is 6.36 Å². The molecule has 0 aromatic heterocycles. The molecular weight excluding hydrogens is 309 g/mol. The molecule has 21 heavy (non-hydrogen) atoms. The van der Waals surface area contributed by atoms with Crippen molar-refractivity contribution in [3.8, 4) is 5.75 Å². The summed E-state index contributed by atoms with van der Waals surface area (Å²) in [5.74, 6) is 4.87. The van der Waals surface area contributed by atoms with Gasteiger partial charge in [-0.3, -0.25) is 11.3 Å². The Morgan fingerprint density at radius 2 is 1.76 bits per heavy atom. The lowest BCUT2D eigenvalue weighted by molar-refractivity contribution is -0.275. The summed E-state index contributed by atoms with van der Waals surface area (Å²) in [6.45, 7) is 2.74. The van der Waals surface area contributed by atoms with Crippen LogP contribution < -0.4 is 16.0 Å². The van der Waals surface area contributed by atoms with E-state index in [0.717, 1.165) is 12.3 Å². The molecule has 0 aliphatic heterocycles. The molecule has 1 aromatic carbocycles. The van der Waals surface area contributed by atoms with Gasteiger partial charge in [-0.1, -0.05) is 18.2 Å². The average Bonchev–Trinajstić information content (AvgIpc) is 2.28. The van der Waals surface area contributed by atoms with Gasteiger partial charge in [0.15, 0.2) is 9.84 Å². The predicted molar refractivity (Wildman–Crippen MR) is 72.1 cm³/mol. The van der Waals surface area contributed by atoms with E-state index in [2.05, 4.69) is 10.2 Å². The van der Waals surface area contributed by atoms with Gasteiger partial charge in [0, 0.05) is 11.8 Å². The van der Waals surface area contributed by atoms with E-state index in [1.807, 2.05) is 0 Å². The molecule has 1 unspecified atom stereocenters. The summed E-state index contributed by atoms with van der Waals surface area (Å²) in [4.78, 5) is 0. The molecule has 0 spiro atoms. The molecule has 0 amide bonds. The fourth-order valence-corrected chi connectivity index (χ4v) is 2.44. The van der Waals surface area contributed by atoms with Gasteiger partial charge in [-0.05, 0) is 19.9 Å². The molecule has 0 saturated carbocycles. The van der Waals surface area contributed by atoms with Crippen LogP contribution in [-0.2, 0) is 9.84 Å². The molecule has 1 atom stereocenters. The highest BCUT2D eigenvalue weighted by molar-refractivity contribution is 7.92. The van der Waals surface area contributed by atoms with Crippen molar-refractivity contribution >= 4 is 9.84 Å². The molecule has 9 heteroatoms. The van der Waals surface area contributed by atoms with Crippen LogP contribution in [0.1, 0.15) is 25.5 Å². The molecule has 0 heterocycles. The lowest BCUT2D eigenvalue weighted by Crippen LogP contribution is -2.47. The highest BCUT2D eigenvalue weighted by atomic mass is 32.2. The van der Waals surface area contributed by atoms with E-state index in [-0.39, 0.29) is 5.56 Å². The Morgan fingerprint density at radius 3 is 2.19 bits per heavy atom. The Bertz CT molecular complexity index is 600. The van der Waals surface area contributed by atoms with E-state index in [0.29, 0.717) is 0 Å². The van der Waals surface area contributed by atoms with Gasteiger partial charge in [-0.15, -0.1) is 13.2 Å². The lowest BCUT2D eigenvalue weighted by atomic mass is 9.95. The quantitative estimate of drug-likeness (QED) is 0.638. The molecule has 120 valence electrons. The molecule has 0 saturated heterocycles. The summed E-state index contributed by atoms with van der Waals surface area (Å²) in [6.07, 6.45) is -3.89. The maximum atomic E-state index is 12.4. The Morgan fingerprint density at radius 1 is 1.24 bits per heavy atom. The van der Waals surface area contributed by atoms with Gasteiger partial charge in [0.1, 0.15) is 5.75 Å². The van der Waals surface area contributed by atoms with E-state index in [4.69, 9.17) is 5.84 Å². The summed E-state index contributed by atoms with van der Waals surface area (Å²) < 4.78 is 63.5. The number of sulfone groups is 1. The minimum atomic E-state index is -4.88. The fraction of sp³-hybridized carbons (Fsp3) is 0.500. The van der Waals surface area contributed by atoms with Gasteiger partial charge in [0.2, 0.25) is 0 Å². The van der Waals surface area contributed by atoms with Crippen molar-refractivity contribution in [1.82, 2.24) is 5.43 Å². The normalized spacial score (nSPS) is 14.8. The zero-order valence-corrected chi connectivity index (χ0v) is 12.5. The van der Waals surface area contributed by atoms with Crippen molar-refractivity contribution in [3.63, 3.8) is 0 Å². The van der Waals surface area contributed by atoms with Gasteiger partial charge in [0.05, 0.1) is 10.8 Å². The first kappa shape index (κ1) is 17.7. The first-order valence-corrected chi connectivity index (χ1v) is 7.79. The van der Waals surface area contributed by atoms with E-state index in [9.17, 15) is 21.6 Å². The molecule has 1 rings (SSSR count). The third-order valence-corrected chi connectivity index (χ3v) is 5.42. The summed E-state index contributed by atoms with van der Waals surface area (Å²) >= 11 is 0. The minimum Gasteiger partial charge on any atom is -0.405 e. The molecule has 0 radical (unpaired) electrons. The number of halogens is 3. The number of hydrogen-bond acceptors (Lipinski definition) is 5. The van der Waals surface area contributed by atoms with E-state index >= 15 is 0 Å². The van der Waals surface area contributed by atoms with Crippen molar-refractivity contribution in [2.24, 2.45) is 5.84 Å². The number of nitrogens with two attached hydrogens (primary N) is 1. The van der Waals surface area contributed by atoms with Gasteiger partial charge in [-0.2, -0.15) is 0 Å². The number of nitrogens with one attached hydrogen (secondary N) is 1. The second kappa shape index (κ2) is 5.82. The number of rotatable bonds is 5. The molecule has 0 bridgehead atoms. The Balaban J connectivity index is 3.37. The van der Waals surface area contributed by atoms with Crippen LogP contribution in [0.25, 0.3) is 0 Å². The molecule has 3 N–H and O–H groups in total. The summed E-state index contributed by atoms with van der Waals surface area (Å²) in [7, 11) is -3.60.